The number of carbonyl (C=O) groups is 1. The van der Waals surface area contributed by atoms with Gasteiger partial charge in [-0.15, -0.1) is 0 Å². The summed E-state index contributed by atoms with van der Waals surface area (Å²) >= 11 is 3.40. The molecular formula is C11H16BrN3O2. The molecule has 1 fully saturated rings. The number of morpholine rings is 1. The van der Waals surface area contributed by atoms with Crippen LogP contribution in [0.3, 0.4) is 0 Å². The minimum absolute atomic E-state index is 0.0233. The van der Waals surface area contributed by atoms with Crippen LogP contribution in [0.1, 0.15) is 24.3 Å². The van der Waals surface area contributed by atoms with Gasteiger partial charge in [0.05, 0.1) is 11.7 Å². The number of rotatable bonds is 2. The number of nitrogens with one attached hydrogen (secondary N) is 1. The summed E-state index contributed by atoms with van der Waals surface area (Å²) in [6.45, 7) is 5.19. The second-order valence-electron chi connectivity index (χ2n) is 4.81. The summed E-state index contributed by atoms with van der Waals surface area (Å²) in [5.74, 6) is -0.0233. The highest BCUT2D eigenvalue weighted by molar-refractivity contribution is 9.09. The van der Waals surface area contributed by atoms with Crippen LogP contribution in [0.25, 0.3) is 0 Å². The molecule has 2 rings (SSSR count). The highest BCUT2D eigenvalue weighted by atomic mass is 79.9. The van der Waals surface area contributed by atoms with Gasteiger partial charge in [-0.1, -0.05) is 15.9 Å². The molecule has 1 aromatic rings. The van der Waals surface area contributed by atoms with Crippen molar-refractivity contribution in [3.8, 4) is 0 Å². The Balaban J connectivity index is 2.12. The first kappa shape index (κ1) is 12.6. The number of hydrogen-bond donors (Lipinski definition) is 1. The fourth-order valence-electron chi connectivity index (χ4n) is 2.08. The second kappa shape index (κ2) is 4.78. The number of aromatic amines is 1. The van der Waals surface area contributed by atoms with Crippen molar-refractivity contribution in [2.75, 3.05) is 18.4 Å². The Labute approximate surface area is 109 Å². The monoisotopic (exact) mass is 301 g/mol. The lowest BCUT2D eigenvalue weighted by atomic mass is 10.1. The van der Waals surface area contributed by atoms with Crippen LogP contribution in [-0.4, -0.2) is 51.1 Å². The fourth-order valence-corrected chi connectivity index (χ4v) is 2.41. The van der Waals surface area contributed by atoms with E-state index in [2.05, 4.69) is 26.1 Å². The first-order chi connectivity index (χ1) is 8.02. The van der Waals surface area contributed by atoms with Crippen molar-refractivity contribution >= 4 is 21.8 Å². The van der Waals surface area contributed by atoms with E-state index in [1.54, 1.807) is 12.3 Å². The van der Waals surface area contributed by atoms with E-state index in [0.717, 1.165) is 5.33 Å². The van der Waals surface area contributed by atoms with Crippen molar-refractivity contribution < 1.29 is 9.53 Å². The molecule has 0 saturated carbocycles. The molecule has 0 aliphatic carbocycles. The number of H-pyrrole nitrogens is 1. The minimum atomic E-state index is -0.313. The fraction of sp³-hybridized carbons (Fsp3) is 0.636. The molecule has 1 unspecified atom stereocenters. The number of nitrogens with zero attached hydrogens (tertiary/aromatic N) is 2. The van der Waals surface area contributed by atoms with Crippen molar-refractivity contribution in [2.45, 2.75) is 25.6 Å². The summed E-state index contributed by atoms with van der Waals surface area (Å²) in [6.07, 6.45) is 1.62. The molecule has 0 spiro atoms. The standard InChI is InChI=1S/C11H16BrN3O2/c1-11(2)7-15(6-8(5-12)17-11)10(16)9-3-4-13-14-9/h3-4,8H,5-7H2,1-2H3,(H,13,14). The van der Waals surface area contributed by atoms with Gasteiger partial charge >= 0.3 is 0 Å². The molecular weight excluding hydrogens is 286 g/mol. The summed E-state index contributed by atoms with van der Waals surface area (Å²) in [4.78, 5) is 14.0. The van der Waals surface area contributed by atoms with Crippen LogP contribution in [0, 0.1) is 0 Å². The number of ether oxygens (including phenoxy) is 1. The van der Waals surface area contributed by atoms with Crippen LogP contribution in [-0.2, 0) is 4.74 Å². The number of aromatic nitrogens is 2. The van der Waals surface area contributed by atoms with Crippen molar-refractivity contribution in [3.05, 3.63) is 18.0 Å². The van der Waals surface area contributed by atoms with Gasteiger partial charge in [-0.2, -0.15) is 5.10 Å². The zero-order valence-corrected chi connectivity index (χ0v) is 11.5. The van der Waals surface area contributed by atoms with Crippen LogP contribution in [0.4, 0.5) is 0 Å². The average Bonchev–Trinajstić information content (AvgIpc) is 2.79. The van der Waals surface area contributed by atoms with Gasteiger partial charge in [-0.3, -0.25) is 9.89 Å². The lowest BCUT2D eigenvalue weighted by Crippen LogP contribution is -2.55. The molecule has 0 bridgehead atoms. The Hall–Kier alpha value is -0.880. The van der Waals surface area contributed by atoms with Crippen molar-refractivity contribution in [1.29, 1.82) is 0 Å². The smallest absolute Gasteiger partial charge is 0.272 e. The van der Waals surface area contributed by atoms with E-state index in [4.69, 9.17) is 4.74 Å². The van der Waals surface area contributed by atoms with Crippen molar-refractivity contribution in [1.82, 2.24) is 15.1 Å². The number of alkyl halides is 1. The van der Waals surface area contributed by atoms with Gasteiger partial charge < -0.3 is 9.64 Å². The first-order valence-corrected chi connectivity index (χ1v) is 6.66. The molecule has 94 valence electrons. The maximum atomic E-state index is 12.2. The Bertz CT molecular complexity index is 391. The molecule has 2 heterocycles. The summed E-state index contributed by atoms with van der Waals surface area (Å²) in [7, 11) is 0. The summed E-state index contributed by atoms with van der Waals surface area (Å²) in [5.41, 5.74) is 0.211. The van der Waals surface area contributed by atoms with E-state index in [1.165, 1.54) is 0 Å². The summed E-state index contributed by atoms with van der Waals surface area (Å²) in [6, 6.07) is 1.69. The molecule has 1 aromatic heterocycles. The van der Waals surface area contributed by atoms with Crippen LogP contribution in [0.2, 0.25) is 0 Å². The van der Waals surface area contributed by atoms with Gasteiger partial charge in [0.25, 0.3) is 5.91 Å². The lowest BCUT2D eigenvalue weighted by Gasteiger charge is -2.42. The minimum Gasteiger partial charge on any atom is -0.368 e. The molecule has 1 aliphatic heterocycles. The maximum Gasteiger partial charge on any atom is 0.272 e. The van der Waals surface area contributed by atoms with E-state index in [0.29, 0.717) is 18.8 Å². The number of hydrogen-bond acceptors (Lipinski definition) is 3. The highest BCUT2D eigenvalue weighted by Gasteiger charge is 2.35. The molecule has 1 amide bonds. The van der Waals surface area contributed by atoms with Gasteiger partial charge in [0, 0.05) is 24.6 Å². The molecule has 1 N–H and O–H groups in total. The average molecular weight is 302 g/mol. The Kier molecular flexibility index (Phi) is 3.53. The van der Waals surface area contributed by atoms with Gasteiger partial charge in [-0.05, 0) is 19.9 Å². The van der Waals surface area contributed by atoms with Gasteiger partial charge in [-0.25, -0.2) is 0 Å². The Morgan fingerprint density at radius 1 is 1.76 bits per heavy atom. The Morgan fingerprint density at radius 2 is 2.53 bits per heavy atom. The molecule has 17 heavy (non-hydrogen) atoms. The van der Waals surface area contributed by atoms with Crippen molar-refractivity contribution in [3.63, 3.8) is 0 Å². The van der Waals surface area contributed by atoms with Crippen LogP contribution in [0.5, 0.6) is 0 Å². The lowest BCUT2D eigenvalue weighted by molar-refractivity contribution is -0.116. The third kappa shape index (κ3) is 2.87. The predicted octanol–water partition coefficient (Wildman–Crippen LogP) is 1.42. The Morgan fingerprint density at radius 3 is 3.12 bits per heavy atom. The van der Waals surface area contributed by atoms with E-state index in [-0.39, 0.29) is 17.6 Å². The highest BCUT2D eigenvalue weighted by Crippen LogP contribution is 2.23. The van der Waals surface area contributed by atoms with Crippen LogP contribution in [0.15, 0.2) is 12.3 Å². The molecule has 1 aliphatic rings. The molecule has 1 atom stereocenters. The van der Waals surface area contributed by atoms with E-state index >= 15 is 0 Å². The van der Waals surface area contributed by atoms with Gasteiger partial charge in [0.1, 0.15) is 5.69 Å². The summed E-state index contributed by atoms with van der Waals surface area (Å²) in [5, 5.41) is 7.23. The van der Waals surface area contributed by atoms with E-state index in [1.807, 2.05) is 18.7 Å². The number of carbonyl (C=O) groups excluding carboxylic acids is 1. The second-order valence-corrected chi connectivity index (χ2v) is 5.46. The molecule has 1 saturated heterocycles. The van der Waals surface area contributed by atoms with Gasteiger partial charge in [0.15, 0.2) is 0 Å². The first-order valence-electron chi connectivity index (χ1n) is 5.54. The zero-order chi connectivity index (χ0) is 12.5. The number of halogens is 1. The zero-order valence-electron chi connectivity index (χ0n) is 9.94. The predicted molar refractivity (Wildman–Crippen MR) is 67.2 cm³/mol. The van der Waals surface area contributed by atoms with E-state index < -0.39 is 0 Å². The van der Waals surface area contributed by atoms with Crippen LogP contribution >= 0.6 is 15.9 Å². The summed E-state index contributed by atoms with van der Waals surface area (Å²) < 4.78 is 5.85. The quantitative estimate of drug-likeness (QED) is 0.841. The van der Waals surface area contributed by atoms with Gasteiger partial charge in [0.2, 0.25) is 0 Å². The molecule has 0 radical (unpaired) electrons. The third-order valence-corrected chi connectivity index (χ3v) is 3.39. The maximum absolute atomic E-state index is 12.2. The third-order valence-electron chi connectivity index (χ3n) is 2.67. The van der Waals surface area contributed by atoms with Crippen molar-refractivity contribution in [2.24, 2.45) is 0 Å². The largest absolute Gasteiger partial charge is 0.368 e. The number of amides is 1. The van der Waals surface area contributed by atoms with E-state index in [9.17, 15) is 4.79 Å². The SMILES string of the molecule is CC1(C)CN(C(=O)c2ccn[nH]2)CC(CBr)O1. The topological polar surface area (TPSA) is 58.2 Å². The molecule has 0 aromatic carbocycles. The molecule has 5 nitrogen and oxygen atoms in total. The molecule has 6 heteroatoms. The van der Waals surface area contributed by atoms with Crippen LogP contribution < -0.4 is 0 Å². The normalized spacial score (nSPS) is 23.7.